The van der Waals surface area contributed by atoms with E-state index in [1.165, 1.54) is 17.7 Å². The number of hydrogen-bond donors (Lipinski definition) is 1. The van der Waals surface area contributed by atoms with Gasteiger partial charge in [-0.05, 0) is 33.2 Å². The number of thiazole rings is 1. The van der Waals surface area contributed by atoms with Gasteiger partial charge in [0.25, 0.3) is 0 Å². The van der Waals surface area contributed by atoms with Crippen molar-refractivity contribution in [3.8, 4) is 11.5 Å². The van der Waals surface area contributed by atoms with E-state index >= 15 is 0 Å². The number of methoxy groups -OCH3 is 1. The van der Waals surface area contributed by atoms with E-state index in [-0.39, 0.29) is 11.9 Å². The normalized spacial score (nSPS) is 12.5. The molecule has 2 aromatic heterocycles. The molecule has 7 nitrogen and oxygen atoms in total. The predicted molar refractivity (Wildman–Crippen MR) is 118 cm³/mol. The minimum absolute atomic E-state index is 0.0892. The summed E-state index contributed by atoms with van der Waals surface area (Å²) in [7, 11) is 5.56. The average Bonchev–Trinajstić information content (AvgIpc) is 3.19. The van der Waals surface area contributed by atoms with Crippen molar-refractivity contribution in [2.45, 2.75) is 13.0 Å². The van der Waals surface area contributed by atoms with Gasteiger partial charge in [0, 0.05) is 18.7 Å². The van der Waals surface area contributed by atoms with E-state index in [4.69, 9.17) is 9.47 Å². The SMILES string of the molecule is COc1cc(O[C@H](C)CN(C)C)c2c(Nc3ccc4ncsc4c3F)ncnc2c1. The number of halogens is 1. The van der Waals surface area contributed by atoms with Crippen LogP contribution in [0.4, 0.5) is 15.9 Å². The van der Waals surface area contributed by atoms with Crippen molar-refractivity contribution in [1.82, 2.24) is 19.9 Å². The third-order valence-electron chi connectivity index (χ3n) is 4.55. The Bertz CT molecular complexity index is 1200. The Hall–Kier alpha value is -3.04. The smallest absolute Gasteiger partial charge is 0.166 e. The number of aromatic nitrogens is 3. The number of benzene rings is 2. The first kappa shape index (κ1) is 20.2. The van der Waals surface area contributed by atoms with Gasteiger partial charge in [0.1, 0.15) is 29.7 Å². The van der Waals surface area contributed by atoms with Gasteiger partial charge in [-0.25, -0.2) is 19.3 Å². The second kappa shape index (κ2) is 8.37. The van der Waals surface area contributed by atoms with Crippen molar-refractivity contribution in [2.75, 3.05) is 33.1 Å². The molecule has 0 aliphatic rings. The van der Waals surface area contributed by atoms with Gasteiger partial charge in [0.15, 0.2) is 5.82 Å². The average molecular weight is 428 g/mol. The summed E-state index contributed by atoms with van der Waals surface area (Å²) >= 11 is 1.26. The summed E-state index contributed by atoms with van der Waals surface area (Å²) in [5.41, 5.74) is 3.21. The van der Waals surface area contributed by atoms with E-state index in [1.807, 2.05) is 25.9 Å². The molecule has 0 aliphatic heterocycles. The molecule has 0 spiro atoms. The molecule has 2 aromatic carbocycles. The van der Waals surface area contributed by atoms with E-state index in [1.54, 1.807) is 36.9 Å². The van der Waals surface area contributed by atoms with Gasteiger partial charge in [0.05, 0.1) is 39.4 Å². The second-order valence-corrected chi connectivity index (χ2v) is 8.04. The Morgan fingerprint density at radius 1 is 1.17 bits per heavy atom. The van der Waals surface area contributed by atoms with Gasteiger partial charge in [-0.2, -0.15) is 0 Å². The van der Waals surface area contributed by atoms with Crippen LogP contribution in [-0.2, 0) is 0 Å². The molecule has 9 heteroatoms. The molecular formula is C21H22FN5O2S. The topological polar surface area (TPSA) is 72.4 Å². The highest BCUT2D eigenvalue weighted by molar-refractivity contribution is 7.16. The van der Waals surface area contributed by atoms with Crippen LogP contribution < -0.4 is 14.8 Å². The van der Waals surface area contributed by atoms with Crippen molar-refractivity contribution >= 4 is 44.0 Å². The van der Waals surface area contributed by atoms with E-state index in [0.717, 1.165) is 6.54 Å². The summed E-state index contributed by atoms with van der Waals surface area (Å²) in [5.74, 6) is 1.29. The molecule has 4 aromatic rings. The minimum atomic E-state index is -0.362. The maximum Gasteiger partial charge on any atom is 0.166 e. The fourth-order valence-corrected chi connectivity index (χ4v) is 4.05. The molecule has 30 heavy (non-hydrogen) atoms. The quantitative estimate of drug-likeness (QED) is 0.467. The first-order valence-corrected chi connectivity index (χ1v) is 10.3. The summed E-state index contributed by atoms with van der Waals surface area (Å²) < 4.78 is 27.1. The molecule has 1 N–H and O–H groups in total. The molecule has 0 bridgehead atoms. The zero-order valence-corrected chi connectivity index (χ0v) is 18.0. The highest BCUT2D eigenvalue weighted by atomic mass is 32.1. The van der Waals surface area contributed by atoms with Gasteiger partial charge < -0.3 is 19.7 Å². The largest absolute Gasteiger partial charge is 0.497 e. The zero-order chi connectivity index (χ0) is 21.3. The van der Waals surface area contributed by atoms with Crippen LogP contribution in [0.2, 0.25) is 0 Å². The third kappa shape index (κ3) is 3.99. The first-order chi connectivity index (χ1) is 14.5. The van der Waals surface area contributed by atoms with Gasteiger partial charge in [-0.15, -0.1) is 11.3 Å². The number of ether oxygens (including phenoxy) is 2. The zero-order valence-electron chi connectivity index (χ0n) is 17.1. The summed E-state index contributed by atoms with van der Waals surface area (Å²) in [4.78, 5) is 14.9. The third-order valence-corrected chi connectivity index (χ3v) is 5.39. The van der Waals surface area contributed by atoms with Crippen LogP contribution in [0.3, 0.4) is 0 Å². The van der Waals surface area contributed by atoms with Crippen LogP contribution in [0.25, 0.3) is 21.1 Å². The summed E-state index contributed by atoms with van der Waals surface area (Å²) in [6, 6.07) is 7.03. The lowest BCUT2D eigenvalue weighted by atomic mass is 10.2. The molecule has 0 fully saturated rings. The Morgan fingerprint density at radius 2 is 2.00 bits per heavy atom. The molecule has 0 saturated heterocycles. The number of fused-ring (bicyclic) bond motifs is 2. The van der Waals surface area contributed by atoms with Crippen LogP contribution in [-0.4, -0.2) is 53.7 Å². The van der Waals surface area contributed by atoms with Gasteiger partial charge >= 0.3 is 0 Å². The molecule has 0 saturated carbocycles. The lowest BCUT2D eigenvalue weighted by Crippen LogP contribution is -2.28. The Labute approximate surface area is 177 Å². The number of anilines is 2. The molecule has 1 atom stereocenters. The van der Waals surface area contributed by atoms with Crippen molar-refractivity contribution in [2.24, 2.45) is 0 Å². The van der Waals surface area contributed by atoms with Gasteiger partial charge in [-0.1, -0.05) is 0 Å². The summed E-state index contributed by atoms with van der Waals surface area (Å²) in [6.45, 7) is 2.71. The highest BCUT2D eigenvalue weighted by Gasteiger charge is 2.17. The monoisotopic (exact) mass is 427 g/mol. The Balaban J connectivity index is 1.80. The number of nitrogens with zero attached hydrogens (tertiary/aromatic N) is 4. The van der Waals surface area contributed by atoms with Crippen LogP contribution in [0.5, 0.6) is 11.5 Å². The summed E-state index contributed by atoms with van der Waals surface area (Å²) in [6.07, 6.45) is 1.34. The molecule has 0 aliphatic carbocycles. The molecule has 0 unspecified atom stereocenters. The van der Waals surface area contributed by atoms with E-state index < -0.39 is 0 Å². The van der Waals surface area contributed by atoms with Crippen LogP contribution in [0.1, 0.15) is 6.92 Å². The van der Waals surface area contributed by atoms with Gasteiger partial charge in [-0.3, -0.25) is 0 Å². The Morgan fingerprint density at radius 3 is 2.77 bits per heavy atom. The fourth-order valence-electron chi connectivity index (χ4n) is 3.32. The lowest BCUT2D eigenvalue weighted by molar-refractivity contribution is 0.178. The van der Waals surface area contributed by atoms with Crippen molar-refractivity contribution in [1.29, 1.82) is 0 Å². The molecule has 2 heterocycles. The second-order valence-electron chi connectivity index (χ2n) is 7.19. The van der Waals surface area contributed by atoms with E-state index in [0.29, 0.717) is 44.1 Å². The molecule has 0 amide bonds. The molecule has 4 rings (SSSR count). The molecule has 0 radical (unpaired) electrons. The minimum Gasteiger partial charge on any atom is -0.497 e. The van der Waals surface area contributed by atoms with E-state index in [9.17, 15) is 4.39 Å². The van der Waals surface area contributed by atoms with Crippen LogP contribution in [0, 0.1) is 5.82 Å². The highest BCUT2D eigenvalue weighted by Crippen LogP contribution is 2.37. The van der Waals surface area contributed by atoms with Crippen molar-refractivity contribution < 1.29 is 13.9 Å². The maximum atomic E-state index is 15.0. The Kier molecular flexibility index (Phi) is 5.65. The lowest BCUT2D eigenvalue weighted by Gasteiger charge is -2.21. The van der Waals surface area contributed by atoms with Gasteiger partial charge in [0.2, 0.25) is 0 Å². The van der Waals surface area contributed by atoms with Crippen molar-refractivity contribution in [3.05, 3.63) is 41.9 Å². The predicted octanol–water partition coefficient (Wildman–Crippen LogP) is 4.46. The molecule has 156 valence electrons. The van der Waals surface area contributed by atoms with Crippen molar-refractivity contribution in [3.63, 3.8) is 0 Å². The number of nitrogens with one attached hydrogen (secondary N) is 1. The number of hydrogen-bond acceptors (Lipinski definition) is 8. The van der Waals surface area contributed by atoms with Crippen LogP contribution >= 0.6 is 11.3 Å². The fraction of sp³-hybridized carbons (Fsp3) is 0.286. The first-order valence-electron chi connectivity index (χ1n) is 9.39. The standard InChI is InChI=1S/C21H22FN5O2S/c1-12(9-27(2)3)29-17-8-13(28-4)7-16-18(17)21(24-10-23-16)26-14-5-6-15-20(19(14)22)30-11-25-15/h5-8,10-12H,9H2,1-4H3,(H,23,24,26)/t12-/m1/s1. The molecular weight excluding hydrogens is 405 g/mol. The summed E-state index contributed by atoms with van der Waals surface area (Å²) in [5, 5.41) is 3.77. The maximum absolute atomic E-state index is 15.0. The number of likely N-dealkylation sites (N-methyl/N-ethyl adjacent to an activating group) is 1. The number of rotatable bonds is 7. The van der Waals surface area contributed by atoms with Crippen LogP contribution in [0.15, 0.2) is 36.1 Å². The van der Waals surface area contributed by atoms with E-state index in [2.05, 4.69) is 20.3 Å².